The summed E-state index contributed by atoms with van der Waals surface area (Å²) < 4.78 is 0. The summed E-state index contributed by atoms with van der Waals surface area (Å²) in [4.78, 5) is 42.9. The number of hydrogen-bond donors (Lipinski definition) is 1. The summed E-state index contributed by atoms with van der Waals surface area (Å²) in [5.74, 6) is -1.07. The Bertz CT molecular complexity index is 951. The van der Waals surface area contributed by atoms with Crippen molar-refractivity contribution >= 4 is 34.2 Å². The number of carbonyl (C=O) groups is 3. The zero-order chi connectivity index (χ0) is 20.5. The van der Waals surface area contributed by atoms with Gasteiger partial charge in [-0.15, -0.1) is 11.3 Å². The highest BCUT2D eigenvalue weighted by atomic mass is 32.1. The fraction of sp³-hybridized carbons (Fsp3) is 0.364. The summed E-state index contributed by atoms with van der Waals surface area (Å²) in [7, 11) is 0. The highest BCUT2D eigenvalue weighted by Crippen LogP contribution is 2.35. The van der Waals surface area contributed by atoms with Gasteiger partial charge < -0.3 is 5.32 Å². The third kappa shape index (κ3) is 3.87. The number of thiazole rings is 1. The maximum Gasteiger partial charge on any atom is 0.246 e. The lowest BCUT2D eigenvalue weighted by molar-refractivity contribution is -0.142. The van der Waals surface area contributed by atoms with Crippen molar-refractivity contribution in [1.82, 2.24) is 9.88 Å². The molecule has 0 saturated carbocycles. The van der Waals surface area contributed by atoms with Gasteiger partial charge in [-0.3, -0.25) is 19.3 Å². The Hall–Kier alpha value is -2.80. The van der Waals surface area contributed by atoms with Gasteiger partial charge in [0, 0.05) is 10.9 Å². The van der Waals surface area contributed by atoms with Crippen molar-refractivity contribution in [3.8, 4) is 11.3 Å². The Labute approximate surface area is 173 Å². The number of hydrogen-bond acceptors (Lipinski definition) is 5. The van der Waals surface area contributed by atoms with Crippen LogP contribution in [0.2, 0.25) is 0 Å². The second kappa shape index (κ2) is 7.91. The van der Waals surface area contributed by atoms with Crippen LogP contribution < -0.4 is 5.32 Å². The van der Waals surface area contributed by atoms with Crippen molar-refractivity contribution in [3.05, 3.63) is 47.4 Å². The van der Waals surface area contributed by atoms with E-state index in [0.29, 0.717) is 23.9 Å². The number of amides is 3. The number of anilines is 1. The SMILES string of the molecule is CC(C)c1ccc(-c2csc(NC(=O)CN3C(=O)C4CC=CCC4C3=O)n2)cc1. The van der Waals surface area contributed by atoms with E-state index in [2.05, 4.69) is 36.3 Å². The minimum Gasteiger partial charge on any atom is -0.300 e. The number of imide groups is 1. The molecule has 7 heteroatoms. The maximum absolute atomic E-state index is 12.5. The van der Waals surface area contributed by atoms with Crippen LogP contribution in [0.25, 0.3) is 11.3 Å². The molecular formula is C22H23N3O3S. The van der Waals surface area contributed by atoms with Gasteiger partial charge >= 0.3 is 0 Å². The monoisotopic (exact) mass is 409 g/mol. The molecule has 1 N–H and O–H groups in total. The van der Waals surface area contributed by atoms with E-state index in [1.54, 1.807) is 0 Å². The van der Waals surface area contributed by atoms with Crippen molar-refractivity contribution in [2.45, 2.75) is 32.6 Å². The Balaban J connectivity index is 1.39. The molecule has 0 spiro atoms. The first kappa shape index (κ1) is 19.5. The molecule has 2 aliphatic rings. The summed E-state index contributed by atoms with van der Waals surface area (Å²) in [5.41, 5.74) is 3.02. The number of rotatable bonds is 5. The summed E-state index contributed by atoms with van der Waals surface area (Å²) in [6.45, 7) is 4.03. The Morgan fingerprint density at radius 3 is 2.34 bits per heavy atom. The van der Waals surface area contributed by atoms with Gasteiger partial charge in [-0.25, -0.2) is 4.98 Å². The first-order valence-corrected chi connectivity index (χ1v) is 10.7. The molecule has 1 aliphatic heterocycles. The molecule has 1 fully saturated rings. The molecule has 2 heterocycles. The molecule has 1 aromatic carbocycles. The van der Waals surface area contributed by atoms with Crippen molar-refractivity contribution in [3.63, 3.8) is 0 Å². The first-order chi connectivity index (χ1) is 13.9. The second-order valence-corrected chi connectivity index (χ2v) is 8.64. The van der Waals surface area contributed by atoms with Gasteiger partial charge in [0.25, 0.3) is 0 Å². The lowest BCUT2D eigenvalue weighted by Gasteiger charge is -2.14. The standard InChI is InChI=1S/C22H23N3O3S/c1-13(2)14-7-9-15(10-8-14)18-12-29-22(23-18)24-19(26)11-25-20(27)16-5-3-4-6-17(16)21(25)28/h3-4,7-10,12-13,16-17H,5-6,11H2,1-2H3,(H,23,24,26). The fourth-order valence-electron chi connectivity index (χ4n) is 3.83. The number of fused-ring (bicyclic) bond motifs is 1. The van der Waals surface area contributed by atoms with E-state index in [1.807, 2.05) is 29.7 Å². The second-order valence-electron chi connectivity index (χ2n) is 7.78. The van der Waals surface area contributed by atoms with Crippen LogP contribution in [-0.4, -0.2) is 34.2 Å². The lowest BCUT2D eigenvalue weighted by Crippen LogP contribution is -2.38. The van der Waals surface area contributed by atoms with Crippen molar-refractivity contribution in [1.29, 1.82) is 0 Å². The molecule has 2 aromatic rings. The minimum atomic E-state index is -0.408. The van der Waals surface area contributed by atoms with E-state index < -0.39 is 5.91 Å². The lowest BCUT2D eigenvalue weighted by atomic mass is 9.85. The van der Waals surface area contributed by atoms with Crippen molar-refractivity contribution < 1.29 is 14.4 Å². The average Bonchev–Trinajstić information content (AvgIpc) is 3.27. The molecule has 0 bridgehead atoms. The molecular weight excluding hydrogens is 386 g/mol. The smallest absolute Gasteiger partial charge is 0.246 e. The third-order valence-corrected chi connectivity index (χ3v) is 6.28. The van der Waals surface area contributed by atoms with Crippen LogP contribution in [0.15, 0.2) is 41.8 Å². The van der Waals surface area contributed by atoms with E-state index in [0.717, 1.165) is 16.2 Å². The molecule has 6 nitrogen and oxygen atoms in total. The molecule has 150 valence electrons. The molecule has 1 aliphatic carbocycles. The van der Waals surface area contributed by atoms with E-state index >= 15 is 0 Å². The summed E-state index contributed by atoms with van der Waals surface area (Å²) in [6, 6.07) is 8.20. The average molecular weight is 410 g/mol. The molecule has 29 heavy (non-hydrogen) atoms. The van der Waals surface area contributed by atoms with Crippen LogP contribution >= 0.6 is 11.3 Å². The van der Waals surface area contributed by atoms with Gasteiger partial charge in [-0.05, 0) is 24.3 Å². The zero-order valence-electron chi connectivity index (χ0n) is 16.4. The molecule has 2 atom stereocenters. The van der Waals surface area contributed by atoms with Gasteiger partial charge in [-0.1, -0.05) is 50.3 Å². The van der Waals surface area contributed by atoms with Gasteiger partial charge in [0.1, 0.15) is 6.54 Å². The van der Waals surface area contributed by atoms with E-state index in [4.69, 9.17) is 0 Å². The van der Waals surface area contributed by atoms with Gasteiger partial charge in [0.15, 0.2) is 5.13 Å². The predicted molar refractivity (Wildman–Crippen MR) is 112 cm³/mol. The number of nitrogens with zero attached hydrogens (tertiary/aromatic N) is 2. The number of nitrogens with one attached hydrogen (secondary N) is 1. The number of benzene rings is 1. The predicted octanol–water partition coefficient (Wildman–Crippen LogP) is 3.82. The first-order valence-electron chi connectivity index (χ1n) is 9.80. The van der Waals surface area contributed by atoms with E-state index in [-0.39, 0.29) is 30.2 Å². The van der Waals surface area contributed by atoms with Crippen LogP contribution in [0, 0.1) is 11.8 Å². The van der Waals surface area contributed by atoms with Gasteiger partial charge in [0.05, 0.1) is 17.5 Å². The Morgan fingerprint density at radius 2 is 1.76 bits per heavy atom. The molecule has 2 unspecified atom stereocenters. The van der Waals surface area contributed by atoms with Crippen LogP contribution in [0.4, 0.5) is 5.13 Å². The summed E-state index contributed by atoms with van der Waals surface area (Å²) in [5, 5.41) is 5.05. The molecule has 0 radical (unpaired) electrons. The third-order valence-electron chi connectivity index (χ3n) is 5.52. The minimum absolute atomic E-state index is 0.246. The quantitative estimate of drug-likeness (QED) is 0.601. The normalized spacial score (nSPS) is 21.0. The Kier molecular flexibility index (Phi) is 5.32. The van der Waals surface area contributed by atoms with Crippen LogP contribution in [-0.2, 0) is 14.4 Å². The van der Waals surface area contributed by atoms with E-state index in [9.17, 15) is 14.4 Å². The largest absolute Gasteiger partial charge is 0.300 e. The molecule has 1 saturated heterocycles. The molecule has 3 amide bonds. The number of aromatic nitrogens is 1. The van der Waals surface area contributed by atoms with Crippen molar-refractivity contribution in [2.24, 2.45) is 11.8 Å². The van der Waals surface area contributed by atoms with E-state index in [1.165, 1.54) is 16.9 Å². The van der Waals surface area contributed by atoms with Crippen LogP contribution in [0.5, 0.6) is 0 Å². The summed E-state index contributed by atoms with van der Waals surface area (Å²) >= 11 is 1.32. The van der Waals surface area contributed by atoms with Crippen LogP contribution in [0.3, 0.4) is 0 Å². The van der Waals surface area contributed by atoms with Gasteiger partial charge in [-0.2, -0.15) is 0 Å². The van der Waals surface area contributed by atoms with Gasteiger partial charge in [0.2, 0.25) is 17.7 Å². The van der Waals surface area contributed by atoms with Crippen molar-refractivity contribution in [2.75, 3.05) is 11.9 Å². The summed E-state index contributed by atoms with van der Waals surface area (Å²) in [6.07, 6.45) is 5.00. The topological polar surface area (TPSA) is 79.4 Å². The zero-order valence-corrected chi connectivity index (χ0v) is 17.2. The number of allylic oxidation sites excluding steroid dienone is 2. The Morgan fingerprint density at radius 1 is 1.14 bits per heavy atom. The highest BCUT2D eigenvalue weighted by Gasteiger charge is 2.47. The molecule has 4 rings (SSSR count). The fourth-order valence-corrected chi connectivity index (χ4v) is 4.57. The highest BCUT2D eigenvalue weighted by molar-refractivity contribution is 7.14. The van der Waals surface area contributed by atoms with Crippen LogP contribution in [0.1, 0.15) is 38.2 Å². The molecule has 1 aromatic heterocycles. The number of carbonyl (C=O) groups excluding carboxylic acids is 3. The number of likely N-dealkylation sites (tertiary alicyclic amines) is 1. The maximum atomic E-state index is 12.5.